The molecule has 1 aromatic carbocycles. The number of aliphatic carboxylic acids is 1. The molecular formula is C13H17NO2. The summed E-state index contributed by atoms with van der Waals surface area (Å²) >= 11 is 0. The summed E-state index contributed by atoms with van der Waals surface area (Å²) in [7, 11) is 0. The van der Waals surface area contributed by atoms with Gasteiger partial charge < -0.3 is 10.0 Å². The Morgan fingerprint density at radius 3 is 2.62 bits per heavy atom. The molecule has 0 saturated carbocycles. The lowest BCUT2D eigenvalue weighted by molar-refractivity contribution is -0.137. The first-order chi connectivity index (χ1) is 7.72. The van der Waals surface area contributed by atoms with Gasteiger partial charge in [-0.15, -0.1) is 0 Å². The fourth-order valence-electron chi connectivity index (χ4n) is 1.47. The van der Waals surface area contributed by atoms with Crippen LogP contribution < -0.4 is 0 Å². The zero-order valence-electron chi connectivity index (χ0n) is 9.47. The van der Waals surface area contributed by atoms with Crippen molar-refractivity contribution in [1.82, 2.24) is 4.90 Å². The lowest BCUT2D eigenvalue weighted by Gasteiger charge is -2.19. The monoisotopic (exact) mass is 219 g/mol. The Morgan fingerprint density at radius 1 is 1.38 bits per heavy atom. The number of rotatable bonds is 6. The van der Waals surface area contributed by atoms with E-state index in [1.54, 1.807) is 0 Å². The van der Waals surface area contributed by atoms with E-state index in [2.05, 4.69) is 0 Å². The van der Waals surface area contributed by atoms with Crippen molar-refractivity contribution in [2.24, 2.45) is 0 Å². The van der Waals surface area contributed by atoms with E-state index in [-0.39, 0.29) is 6.42 Å². The average Bonchev–Trinajstić information content (AvgIpc) is 2.27. The van der Waals surface area contributed by atoms with Gasteiger partial charge in [0.25, 0.3) is 0 Å². The highest BCUT2D eigenvalue weighted by Crippen LogP contribution is 2.05. The molecule has 16 heavy (non-hydrogen) atoms. The van der Waals surface area contributed by atoms with Crippen LogP contribution in [0.15, 0.2) is 42.6 Å². The van der Waals surface area contributed by atoms with Crippen LogP contribution in [0.4, 0.5) is 0 Å². The van der Waals surface area contributed by atoms with Crippen LogP contribution in [0.2, 0.25) is 0 Å². The third-order valence-electron chi connectivity index (χ3n) is 2.20. The molecule has 3 heteroatoms. The molecular weight excluding hydrogens is 202 g/mol. The second-order valence-corrected chi connectivity index (χ2v) is 3.58. The third-order valence-corrected chi connectivity index (χ3v) is 2.20. The van der Waals surface area contributed by atoms with Gasteiger partial charge in [-0.1, -0.05) is 36.4 Å². The van der Waals surface area contributed by atoms with Gasteiger partial charge >= 0.3 is 5.97 Å². The van der Waals surface area contributed by atoms with Crippen molar-refractivity contribution in [3.8, 4) is 0 Å². The van der Waals surface area contributed by atoms with E-state index in [4.69, 9.17) is 5.11 Å². The van der Waals surface area contributed by atoms with Gasteiger partial charge in [0.05, 0.1) is 6.42 Å². The Bertz CT molecular complexity index is 346. The summed E-state index contributed by atoms with van der Waals surface area (Å²) in [6.45, 7) is 3.21. The van der Waals surface area contributed by atoms with E-state index >= 15 is 0 Å². The van der Waals surface area contributed by atoms with E-state index < -0.39 is 5.97 Å². The summed E-state index contributed by atoms with van der Waals surface area (Å²) < 4.78 is 0. The minimum Gasteiger partial charge on any atom is -0.481 e. The van der Waals surface area contributed by atoms with Gasteiger partial charge in [-0.3, -0.25) is 4.79 Å². The summed E-state index contributed by atoms with van der Waals surface area (Å²) in [6, 6.07) is 10.0. The number of benzene rings is 1. The zero-order chi connectivity index (χ0) is 11.8. The molecule has 0 aromatic heterocycles. The molecule has 0 unspecified atom stereocenters. The molecule has 3 nitrogen and oxygen atoms in total. The summed E-state index contributed by atoms with van der Waals surface area (Å²) in [5, 5.41) is 8.65. The van der Waals surface area contributed by atoms with Gasteiger partial charge in [0, 0.05) is 13.1 Å². The maximum atomic E-state index is 10.5. The Morgan fingerprint density at radius 2 is 2.06 bits per heavy atom. The van der Waals surface area contributed by atoms with Gasteiger partial charge in [0.15, 0.2) is 0 Å². The zero-order valence-corrected chi connectivity index (χ0v) is 9.47. The quantitative estimate of drug-likeness (QED) is 0.799. The molecule has 0 amide bonds. The standard InChI is InChI=1S/C13H17NO2/c1-2-9-14(10-8-13(15)16)11-12-6-4-3-5-7-12/h2-7,9H,8,10-11H2,1H3,(H,15,16). The van der Waals surface area contributed by atoms with Gasteiger partial charge in [0.1, 0.15) is 0 Å². The maximum Gasteiger partial charge on any atom is 0.305 e. The molecule has 0 atom stereocenters. The molecule has 0 radical (unpaired) electrons. The topological polar surface area (TPSA) is 40.5 Å². The normalized spacial score (nSPS) is 10.6. The molecule has 0 heterocycles. The molecule has 0 spiro atoms. The highest BCUT2D eigenvalue weighted by atomic mass is 16.4. The number of allylic oxidation sites excluding steroid dienone is 1. The Hall–Kier alpha value is -1.77. The Labute approximate surface area is 96.0 Å². The molecule has 1 N–H and O–H groups in total. The molecule has 1 rings (SSSR count). The predicted molar refractivity (Wildman–Crippen MR) is 63.9 cm³/mol. The van der Waals surface area contributed by atoms with Gasteiger partial charge in [-0.25, -0.2) is 0 Å². The van der Waals surface area contributed by atoms with Crippen LogP contribution in [0, 0.1) is 0 Å². The van der Waals surface area contributed by atoms with Crippen LogP contribution in [0.3, 0.4) is 0 Å². The number of nitrogens with zero attached hydrogens (tertiary/aromatic N) is 1. The van der Waals surface area contributed by atoms with Gasteiger partial charge in [-0.2, -0.15) is 0 Å². The summed E-state index contributed by atoms with van der Waals surface area (Å²) in [5.41, 5.74) is 1.19. The highest BCUT2D eigenvalue weighted by Gasteiger charge is 2.03. The molecule has 86 valence electrons. The lowest BCUT2D eigenvalue weighted by Crippen LogP contribution is -2.20. The molecule has 0 aliphatic rings. The van der Waals surface area contributed by atoms with Crippen LogP contribution in [-0.4, -0.2) is 22.5 Å². The number of hydrogen-bond acceptors (Lipinski definition) is 2. The Balaban J connectivity index is 2.54. The van der Waals surface area contributed by atoms with Crippen molar-refractivity contribution in [3.05, 3.63) is 48.2 Å². The van der Waals surface area contributed by atoms with E-state index in [0.717, 1.165) is 6.54 Å². The van der Waals surface area contributed by atoms with Crippen LogP contribution in [0.1, 0.15) is 18.9 Å². The number of carbonyl (C=O) groups is 1. The fourth-order valence-corrected chi connectivity index (χ4v) is 1.47. The predicted octanol–water partition coefficient (Wildman–Crippen LogP) is 2.50. The lowest BCUT2D eigenvalue weighted by atomic mass is 10.2. The second-order valence-electron chi connectivity index (χ2n) is 3.58. The highest BCUT2D eigenvalue weighted by molar-refractivity contribution is 5.66. The number of hydrogen-bond donors (Lipinski definition) is 1. The van der Waals surface area contributed by atoms with Gasteiger partial charge in [-0.05, 0) is 18.7 Å². The first-order valence-electron chi connectivity index (χ1n) is 5.35. The van der Waals surface area contributed by atoms with Crippen LogP contribution in [-0.2, 0) is 11.3 Å². The third kappa shape index (κ3) is 4.64. The number of carboxylic acid groups (broad SMARTS) is 1. The molecule has 0 saturated heterocycles. The molecule has 1 aromatic rings. The summed E-state index contributed by atoms with van der Waals surface area (Å²) in [6.07, 6.45) is 4.01. The molecule has 0 bridgehead atoms. The average molecular weight is 219 g/mol. The molecule has 0 fully saturated rings. The van der Waals surface area contributed by atoms with E-state index in [1.807, 2.05) is 54.4 Å². The van der Waals surface area contributed by atoms with Crippen LogP contribution in [0.5, 0.6) is 0 Å². The molecule has 0 aliphatic carbocycles. The second kappa shape index (κ2) is 6.67. The maximum absolute atomic E-state index is 10.5. The van der Waals surface area contributed by atoms with Crippen molar-refractivity contribution >= 4 is 5.97 Å². The smallest absolute Gasteiger partial charge is 0.305 e. The van der Waals surface area contributed by atoms with Crippen molar-refractivity contribution in [2.75, 3.05) is 6.54 Å². The van der Waals surface area contributed by atoms with E-state index in [1.165, 1.54) is 5.56 Å². The van der Waals surface area contributed by atoms with Crippen molar-refractivity contribution in [2.45, 2.75) is 19.9 Å². The van der Waals surface area contributed by atoms with Crippen molar-refractivity contribution in [3.63, 3.8) is 0 Å². The largest absolute Gasteiger partial charge is 0.481 e. The van der Waals surface area contributed by atoms with Crippen molar-refractivity contribution in [1.29, 1.82) is 0 Å². The molecule has 0 aliphatic heterocycles. The van der Waals surface area contributed by atoms with E-state index in [0.29, 0.717) is 6.54 Å². The van der Waals surface area contributed by atoms with Gasteiger partial charge in [0.2, 0.25) is 0 Å². The van der Waals surface area contributed by atoms with E-state index in [9.17, 15) is 4.79 Å². The SMILES string of the molecule is CC=CN(CCC(=O)O)Cc1ccccc1. The fraction of sp³-hybridized carbons (Fsp3) is 0.308. The summed E-state index contributed by atoms with van der Waals surface area (Å²) in [5.74, 6) is -0.762. The van der Waals surface area contributed by atoms with Crippen LogP contribution in [0.25, 0.3) is 0 Å². The minimum atomic E-state index is -0.762. The first kappa shape index (κ1) is 12.3. The first-order valence-corrected chi connectivity index (χ1v) is 5.35. The van der Waals surface area contributed by atoms with Crippen LogP contribution >= 0.6 is 0 Å². The summed E-state index contributed by atoms with van der Waals surface area (Å²) in [4.78, 5) is 12.5. The van der Waals surface area contributed by atoms with Crippen molar-refractivity contribution < 1.29 is 9.90 Å². The minimum absolute atomic E-state index is 0.164. The Kier molecular flexibility index (Phi) is 5.12. The number of carboxylic acids is 1.